The van der Waals surface area contributed by atoms with Crippen LogP contribution in [0.5, 0.6) is 0 Å². The lowest BCUT2D eigenvalue weighted by Gasteiger charge is -2.17. The van der Waals surface area contributed by atoms with E-state index >= 15 is 0 Å². The minimum absolute atomic E-state index is 0.0704. The van der Waals surface area contributed by atoms with Crippen LogP contribution in [0.25, 0.3) is 0 Å². The third kappa shape index (κ3) is 2.98. The Balaban J connectivity index is 1.87. The number of amides is 3. The summed E-state index contributed by atoms with van der Waals surface area (Å²) < 4.78 is 0. The Morgan fingerprint density at radius 2 is 1.75 bits per heavy atom. The predicted molar refractivity (Wildman–Crippen MR) is 92.6 cm³/mol. The van der Waals surface area contributed by atoms with E-state index in [1.54, 1.807) is 42.5 Å². The first-order valence-electron chi connectivity index (χ1n) is 7.25. The number of nitrogen functional groups attached to an aromatic ring is 1. The van der Waals surface area contributed by atoms with E-state index in [4.69, 9.17) is 11.5 Å². The standard InChI is InChI=1S/C17H15N3O3S/c18-10-5-7-11(8-6-10)24-14-9-15(21)20(17(14)23)13-4-2-1-3-12(13)16(19)22/h1-8,14H,9,18H2,(H2,19,22). The quantitative estimate of drug-likeness (QED) is 0.651. The van der Waals surface area contributed by atoms with Crippen LogP contribution < -0.4 is 16.4 Å². The summed E-state index contributed by atoms with van der Waals surface area (Å²) in [5.41, 5.74) is 12.0. The van der Waals surface area contributed by atoms with Gasteiger partial charge in [-0.2, -0.15) is 0 Å². The number of benzene rings is 2. The second-order valence-corrected chi connectivity index (χ2v) is 6.60. The molecule has 0 saturated carbocycles. The number of imide groups is 1. The molecule has 7 heteroatoms. The van der Waals surface area contributed by atoms with E-state index in [1.165, 1.54) is 17.8 Å². The maximum Gasteiger partial charge on any atom is 0.250 e. The average molecular weight is 341 g/mol. The Hall–Kier alpha value is -2.80. The van der Waals surface area contributed by atoms with Gasteiger partial charge in [0, 0.05) is 17.0 Å². The second kappa shape index (κ2) is 6.37. The lowest BCUT2D eigenvalue weighted by atomic mass is 10.1. The molecule has 1 atom stereocenters. The maximum atomic E-state index is 12.7. The fourth-order valence-electron chi connectivity index (χ4n) is 2.54. The van der Waals surface area contributed by atoms with Gasteiger partial charge in [-0.1, -0.05) is 12.1 Å². The van der Waals surface area contributed by atoms with E-state index in [0.29, 0.717) is 5.69 Å². The number of primary amides is 1. The van der Waals surface area contributed by atoms with Gasteiger partial charge in [0.15, 0.2) is 0 Å². The normalized spacial score (nSPS) is 17.3. The number of rotatable bonds is 4. The molecule has 0 aromatic heterocycles. The van der Waals surface area contributed by atoms with Crippen molar-refractivity contribution in [2.75, 3.05) is 10.6 Å². The smallest absolute Gasteiger partial charge is 0.250 e. The van der Waals surface area contributed by atoms with Gasteiger partial charge in [0.1, 0.15) is 0 Å². The van der Waals surface area contributed by atoms with Crippen molar-refractivity contribution in [2.24, 2.45) is 5.73 Å². The zero-order valence-corrected chi connectivity index (χ0v) is 13.5. The van der Waals surface area contributed by atoms with Crippen molar-refractivity contribution >= 4 is 40.9 Å². The summed E-state index contributed by atoms with van der Waals surface area (Å²) >= 11 is 1.30. The fraction of sp³-hybridized carbons (Fsp3) is 0.118. The van der Waals surface area contributed by atoms with Crippen molar-refractivity contribution in [1.82, 2.24) is 0 Å². The molecule has 2 aromatic carbocycles. The molecule has 3 amide bonds. The van der Waals surface area contributed by atoms with Crippen molar-refractivity contribution in [3.05, 3.63) is 54.1 Å². The molecule has 0 radical (unpaired) electrons. The molecule has 0 bridgehead atoms. The third-order valence-corrected chi connectivity index (χ3v) is 4.87. The SMILES string of the molecule is NC(=O)c1ccccc1N1C(=O)CC(Sc2ccc(N)cc2)C1=O. The number of hydrogen-bond acceptors (Lipinski definition) is 5. The number of nitrogens with zero attached hydrogens (tertiary/aromatic N) is 1. The number of anilines is 2. The number of hydrogen-bond donors (Lipinski definition) is 2. The number of carbonyl (C=O) groups is 3. The highest BCUT2D eigenvalue weighted by Crippen LogP contribution is 2.35. The molecule has 1 aliphatic rings. The Morgan fingerprint density at radius 1 is 1.08 bits per heavy atom. The van der Waals surface area contributed by atoms with E-state index in [-0.39, 0.29) is 29.5 Å². The van der Waals surface area contributed by atoms with Gasteiger partial charge in [0.2, 0.25) is 11.8 Å². The predicted octanol–water partition coefficient (Wildman–Crippen LogP) is 1.79. The van der Waals surface area contributed by atoms with Crippen LogP contribution in [-0.2, 0) is 9.59 Å². The molecule has 24 heavy (non-hydrogen) atoms. The largest absolute Gasteiger partial charge is 0.399 e. The first-order chi connectivity index (χ1) is 11.5. The molecule has 0 spiro atoms. The Bertz CT molecular complexity index is 820. The highest BCUT2D eigenvalue weighted by Gasteiger charge is 2.41. The van der Waals surface area contributed by atoms with Crippen LogP contribution in [-0.4, -0.2) is 23.0 Å². The van der Waals surface area contributed by atoms with Gasteiger partial charge in [-0.05, 0) is 36.4 Å². The van der Waals surface area contributed by atoms with Crippen LogP contribution in [0, 0.1) is 0 Å². The van der Waals surface area contributed by atoms with Gasteiger partial charge in [0.05, 0.1) is 16.5 Å². The summed E-state index contributed by atoms with van der Waals surface area (Å²) in [6, 6.07) is 13.4. The maximum absolute atomic E-state index is 12.7. The van der Waals surface area contributed by atoms with Gasteiger partial charge in [-0.15, -0.1) is 11.8 Å². The van der Waals surface area contributed by atoms with Crippen molar-refractivity contribution in [3.63, 3.8) is 0 Å². The summed E-state index contributed by atoms with van der Waals surface area (Å²) in [5, 5.41) is -0.540. The zero-order valence-electron chi connectivity index (χ0n) is 12.6. The summed E-state index contributed by atoms with van der Waals surface area (Å²) in [6.07, 6.45) is 0.0704. The topological polar surface area (TPSA) is 106 Å². The van der Waals surface area contributed by atoms with Crippen LogP contribution in [0.1, 0.15) is 16.8 Å². The summed E-state index contributed by atoms with van der Waals surface area (Å²) in [5.74, 6) is -1.38. The van der Waals surface area contributed by atoms with Crippen LogP contribution in [0.3, 0.4) is 0 Å². The molecular weight excluding hydrogens is 326 g/mol. The minimum atomic E-state index is -0.680. The van der Waals surface area contributed by atoms with Gasteiger partial charge >= 0.3 is 0 Å². The molecule has 4 N–H and O–H groups in total. The Kier molecular flexibility index (Phi) is 4.26. The van der Waals surface area contributed by atoms with E-state index in [0.717, 1.165) is 9.80 Å². The van der Waals surface area contributed by atoms with Crippen molar-refractivity contribution in [3.8, 4) is 0 Å². The second-order valence-electron chi connectivity index (χ2n) is 5.33. The first-order valence-corrected chi connectivity index (χ1v) is 8.13. The van der Waals surface area contributed by atoms with Gasteiger partial charge in [-0.3, -0.25) is 14.4 Å². The molecule has 1 aliphatic heterocycles. The van der Waals surface area contributed by atoms with E-state index < -0.39 is 11.2 Å². The molecular formula is C17H15N3O3S. The molecule has 1 heterocycles. The molecule has 1 unspecified atom stereocenters. The molecule has 1 fully saturated rings. The van der Waals surface area contributed by atoms with Crippen molar-refractivity contribution in [1.29, 1.82) is 0 Å². The fourth-order valence-corrected chi connectivity index (χ4v) is 3.59. The van der Waals surface area contributed by atoms with Crippen LogP contribution in [0.2, 0.25) is 0 Å². The molecule has 3 rings (SSSR count). The van der Waals surface area contributed by atoms with Crippen molar-refractivity contribution < 1.29 is 14.4 Å². The number of thioether (sulfide) groups is 1. The zero-order chi connectivity index (χ0) is 17.3. The molecule has 2 aromatic rings. The highest BCUT2D eigenvalue weighted by atomic mass is 32.2. The van der Waals surface area contributed by atoms with Crippen LogP contribution in [0.4, 0.5) is 11.4 Å². The summed E-state index contributed by atoms with van der Waals surface area (Å²) in [4.78, 5) is 38.5. The number of para-hydroxylation sites is 1. The summed E-state index contributed by atoms with van der Waals surface area (Å²) in [6.45, 7) is 0. The van der Waals surface area contributed by atoms with Crippen LogP contribution >= 0.6 is 11.8 Å². The lowest BCUT2D eigenvalue weighted by Crippen LogP contribution is -2.33. The summed E-state index contributed by atoms with van der Waals surface area (Å²) in [7, 11) is 0. The highest BCUT2D eigenvalue weighted by molar-refractivity contribution is 8.00. The van der Waals surface area contributed by atoms with Gasteiger partial charge < -0.3 is 11.5 Å². The third-order valence-electron chi connectivity index (χ3n) is 3.67. The monoisotopic (exact) mass is 341 g/mol. The Labute approximate surface area is 142 Å². The molecule has 6 nitrogen and oxygen atoms in total. The van der Waals surface area contributed by atoms with E-state index in [1.807, 2.05) is 0 Å². The van der Waals surface area contributed by atoms with Gasteiger partial charge in [0.25, 0.3) is 5.91 Å². The number of nitrogens with two attached hydrogens (primary N) is 2. The number of carbonyl (C=O) groups excluding carboxylic acids is 3. The Morgan fingerprint density at radius 3 is 2.42 bits per heavy atom. The van der Waals surface area contributed by atoms with Crippen molar-refractivity contribution in [2.45, 2.75) is 16.6 Å². The molecule has 0 aliphatic carbocycles. The lowest BCUT2D eigenvalue weighted by molar-refractivity contribution is -0.121. The average Bonchev–Trinajstić information content (AvgIpc) is 2.83. The van der Waals surface area contributed by atoms with Crippen LogP contribution in [0.15, 0.2) is 53.4 Å². The van der Waals surface area contributed by atoms with Gasteiger partial charge in [-0.25, -0.2) is 4.90 Å². The van der Waals surface area contributed by atoms with E-state index in [2.05, 4.69) is 0 Å². The van der Waals surface area contributed by atoms with E-state index in [9.17, 15) is 14.4 Å². The molecule has 1 saturated heterocycles. The molecule has 122 valence electrons. The minimum Gasteiger partial charge on any atom is -0.399 e. The first kappa shape index (κ1) is 16.1.